The first-order valence-corrected chi connectivity index (χ1v) is 6.03. The summed E-state index contributed by atoms with van der Waals surface area (Å²) in [6.45, 7) is 4.12. The second-order valence-corrected chi connectivity index (χ2v) is 4.47. The van der Waals surface area contributed by atoms with Crippen molar-refractivity contribution in [3.05, 3.63) is 53.7 Å². The lowest BCUT2D eigenvalue weighted by molar-refractivity contribution is 0.280. The molecule has 0 amide bonds. The summed E-state index contributed by atoms with van der Waals surface area (Å²) < 4.78 is 5.69. The van der Waals surface area contributed by atoms with E-state index in [-0.39, 0.29) is 6.61 Å². The number of ether oxygens (including phenoxy) is 1. The van der Waals surface area contributed by atoms with Crippen LogP contribution in [0.1, 0.15) is 31.0 Å². The molecule has 1 aromatic carbocycles. The van der Waals surface area contributed by atoms with Crippen LogP contribution in [0.4, 0.5) is 0 Å². The zero-order chi connectivity index (χ0) is 13.0. The lowest BCUT2D eigenvalue weighted by Crippen LogP contribution is -1.98. The average molecular weight is 243 g/mol. The Hall–Kier alpha value is -1.87. The Kier molecular flexibility index (Phi) is 3.95. The van der Waals surface area contributed by atoms with Crippen LogP contribution in [0.15, 0.2) is 42.5 Å². The minimum absolute atomic E-state index is 0.00656. The van der Waals surface area contributed by atoms with Gasteiger partial charge in [0.1, 0.15) is 5.75 Å². The Morgan fingerprint density at radius 2 is 1.89 bits per heavy atom. The van der Waals surface area contributed by atoms with Gasteiger partial charge in [0.15, 0.2) is 0 Å². The highest BCUT2D eigenvalue weighted by molar-refractivity contribution is 5.31. The van der Waals surface area contributed by atoms with Crippen LogP contribution in [0.3, 0.4) is 0 Å². The molecule has 0 aliphatic carbocycles. The molecule has 0 unspecified atom stereocenters. The summed E-state index contributed by atoms with van der Waals surface area (Å²) in [6.07, 6.45) is 0. The summed E-state index contributed by atoms with van der Waals surface area (Å²) in [7, 11) is 0. The molecule has 1 heterocycles. The number of pyridine rings is 1. The van der Waals surface area contributed by atoms with Gasteiger partial charge in [-0.25, -0.2) is 4.98 Å². The van der Waals surface area contributed by atoms with Crippen molar-refractivity contribution in [2.75, 3.05) is 0 Å². The van der Waals surface area contributed by atoms with Gasteiger partial charge in [-0.05, 0) is 29.7 Å². The van der Waals surface area contributed by atoms with Crippen LogP contribution in [-0.2, 0) is 6.61 Å². The molecule has 0 bridgehead atoms. The molecule has 0 saturated heterocycles. The van der Waals surface area contributed by atoms with Gasteiger partial charge in [0.25, 0.3) is 0 Å². The lowest BCUT2D eigenvalue weighted by Gasteiger charge is -2.10. The maximum atomic E-state index is 9.25. The summed E-state index contributed by atoms with van der Waals surface area (Å²) >= 11 is 0. The van der Waals surface area contributed by atoms with Gasteiger partial charge in [-0.15, -0.1) is 0 Å². The van der Waals surface area contributed by atoms with Gasteiger partial charge in [0, 0.05) is 11.8 Å². The first-order valence-electron chi connectivity index (χ1n) is 6.03. The Balaban J connectivity index is 2.30. The van der Waals surface area contributed by atoms with Crippen molar-refractivity contribution in [3.8, 4) is 11.6 Å². The molecule has 2 aromatic rings. The number of aliphatic hydroxyl groups is 1. The monoisotopic (exact) mass is 243 g/mol. The molecule has 3 heteroatoms. The smallest absolute Gasteiger partial charge is 0.219 e. The third-order valence-corrected chi connectivity index (χ3v) is 2.62. The van der Waals surface area contributed by atoms with Gasteiger partial charge in [-0.1, -0.05) is 32.0 Å². The molecular formula is C15H17NO2. The van der Waals surface area contributed by atoms with Crippen molar-refractivity contribution in [2.45, 2.75) is 26.4 Å². The number of aromatic nitrogens is 1. The van der Waals surface area contributed by atoms with Gasteiger partial charge in [0.2, 0.25) is 5.88 Å². The highest BCUT2D eigenvalue weighted by Crippen LogP contribution is 2.23. The van der Waals surface area contributed by atoms with Gasteiger partial charge in [-0.2, -0.15) is 0 Å². The normalized spacial score (nSPS) is 10.7. The first-order chi connectivity index (χ1) is 8.69. The van der Waals surface area contributed by atoms with Crippen LogP contribution in [0.2, 0.25) is 0 Å². The van der Waals surface area contributed by atoms with Crippen LogP contribution in [-0.4, -0.2) is 10.1 Å². The highest BCUT2D eigenvalue weighted by atomic mass is 16.5. The Morgan fingerprint density at radius 1 is 1.17 bits per heavy atom. The predicted octanol–water partition coefficient (Wildman–Crippen LogP) is 3.49. The summed E-state index contributed by atoms with van der Waals surface area (Å²) in [5, 5.41) is 9.25. The van der Waals surface area contributed by atoms with Gasteiger partial charge in [0.05, 0.1) is 6.61 Å². The van der Waals surface area contributed by atoms with Gasteiger partial charge >= 0.3 is 0 Å². The summed E-state index contributed by atoms with van der Waals surface area (Å²) in [4.78, 5) is 4.44. The minimum atomic E-state index is -0.00656. The Labute approximate surface area is 107 Å². The molecule has 2 rings (SSSR count). The molecule has 0 atom stereocenters. The summed E-state index contributed by atoms with van der Waals surface area (Å²) in [5.74, 6) is 1.57. The molecule has 0 spiro atoms. The van der Waals surface area contributed by atoms with Crippen LogP contribution in [0.25, 0.3) is 0 Å². The van der Waals surface area contributed by atoms with E-state index < -0.39 is 0 Å². The Morgan fingerprint density at radius 3 is 2.50 bits per heavy atom. The number of hydrogen-bond donors (Lipinski definition) is 1. The maximum Gasteiger partial charge on any atom is 0.219 e. The van der Waals surface area contributed by atoms with Crippen LogP contribution >= 0.6 is 0 Å². The molecule has 18 heavy (non-hydrogen) atoms. The quantitative estimate of drug-likeness (QED) is 0.893. The Bertz CT molecular complexity index is 509. The minimum Gasteiger partial charge on any atom is -0.439 e. The molecular weight excluding hydrogens is 226 g/mol. The van der Waals surface area contributed by atoms with Crippen molar-refractivity contribution in [1.82, 2.24) is 4.98 Å². The standard InChI is InChI=1S/C15H17NO2/c1-11(2)14-8-12(10-17)9-15(16-14)18-13-6-4-3-5-7-13/h3-9,11,17H,10H2,1-2H3. The molecule has 94 valence electrons. The third kappa shape index (κ3) is 3.08. The van der Waals surface area contributed by atoms with E-state index in [9.17, 15) is 5.11 Å². The molecule has 0 aliphatic rings. The molecule has 1 N–H and O–H groups in total. The fourth-order valence-electron chi connectivity index (χ4n) is 1.63. The maximum absolute atomic E-state index is 9.25. The molecule has 0 aliphatic heterocycles. The van der Waals surface area contributed by atoms with E-state index in [4.69, 9.17) is 4.74 Å². The average Bonchev–Trinajstić information content (AvgIpc) is 2.39. The van der Waals surface area contributed by atoms with Gasteiger partial charge < -0.3 is 9.84 Å². The van der Waals surface area contributed by atoms with Crippen molar-refractivity contribution in [1.29, 1.82) is 0 Å². The molecule has 3 nitrogen and oxygen atoms in total. The van der Waals surface area contributed by atoms with E-state index >= 15 is 0 Å². The largest absolute Gasteiger partial charge is 0.439 e. The van der Waals surface area contributed by atoms with Crippen LogP contribution in [0.5, 0.6) is 11.6 Å². The van der Waals surface area contributed by atoms with Crippen LogP contribution < -0.4 is 4.74 Å². The van der Waals surface area contributed by atoms with Crippen molar-refractivity contribution >= 4 is 0 Å². The first kappa shape index (κ1) is 12.6. The fourth-order valence-corrected chi connectivity index (χ4v) is 1.63. The van der Waals surface area contributed by atoms with E-state index in [1.54, 1.807) is 6.07 Å². The number of hydrogen-bond acceptors (Lipinski definition) is 3. The number of para-hydroxylation sites is 1. The molecule has 0 fully saturated rings. The van der Waals surface area contributed by atoms with E-state index in [2.05, 4.69) is 18.8 Å². The number of aliphatic hydroxyl groups excluding tert-OH is 1. The van der Waals surface area contributed by atoms with E-state index in [1.165, 1.54) is 0 Å². The third-order valence-electron chi connectivity index (χ3n) is 2.62. The zero-order valence-electron chi connectivity index (χ0n) is 10.6. The summed E-state index contributed by atoms with van der Waals surface area (Å²) in [5.41, 5.74) is 1.74. The SMILES string of the molecule is CC(C)c1cc(CO)cc(Oc2ccccc2)n1. The second kappa shape index (κ2) is 5.65. The molecule has 0 saturated carbocycles. The zero-order valence-corrected chi connectivity index (χ0v) is 10.6. The highest BCUT2D eigenvalue weighted by Gasteiger charge is 2.07. The molecule has 1 aromatic heterocycles. The van der Waals surface area contributed by atoms with Crippen molar-refractivity contribution in [2.24, 2.45) is 0 Å². The van der Waals surface area contributed by atoms with E-state index in [0.29, 0.717) is 11.8 Å². The summed E-state index contributed by atoms with van der Waals surface area (Å²) in [6, 6.07) is 13.2. The number of nitrogens with zero attached hydrogens (tertiary/aromatic N) is 1. The number of benzene rings is 1. The predicted molar refractivity (Wildman–Crippen MR) is 70.8 cm³/mol. The van der Waals surface area contributed by atoms with Crippen LogP contribution in [0, 0.1) is 0 Å². The van der Waals surface area contributed by atoms with E-state index in [0.717, 1.165) is 17.0 Å². The fraction of sp³-hybridized carbons (Fsp3) is 0.267. The van der Waals surface area contributed by atoms with Crippen molar-refractivity contribution < 1.29 is 9.84 Å². The topological polar surface area (TPSA) is 42.4 Å². The van der Waals surface area contributed by atoms with Gasteiger partial charge in [-0.3, -0.25) is 0 Å². The lowest BCUT2D eigenvalue weighted by atomic mass is 10.1. The second-order valence-electron chi connectivity index (χ2n) is 4.47. The van der Waals surface area contributed by atoms with E-state index in [1.807, 2.05) is 36.4 Å². The number of rotatable bonds is 4. The molecule has 0 radical (unpaired) electrons. The van der Waals surface area contributed by atoms with Crippen molar-refractivity contribution in [3.63, 3.8) is 0 Å².